The lowest BCUT2D eigenvalue weighted by atomic mass is 10.5. The van der Waals surface area contributed by atoms with Gasteiger partial charge in [0.1, 0.15) is 0 Å². The van der Waals surface area contributed by atoms with Gasteiger partial charge in [-0.25, -0.2) is 9.59 Å². The first-order chi connectivity index (χ1) is 5.36. The van der Waals surface area contributed by atoms with Gasteiger partial charge < -0.3 is 10.2 Å². The highest BCUT2D eigenvalue weighted by molar-refractivity contribution is 5.89. The molecule has 0 aromatic carbocycles. The Kier molecular flexibility index (Phi) is 7.95. The van der Waals surface area contributed by atoms with Crippen molar-refractivity contribution in [3.8, 4) is 0 Å². The molecule has 2 N–H and O–H groups in total. The average molecular weight is 180 g/mol. The van der Waals surface area contributed by atoms with Gasteiger partial charge in [-0.3, -0.25) is 0 Å². The van der Waals surface area contributed by atoms with Gasteiger partial charge in [0.25, 0.3) is 6.08 Å². The van der Waals surface area contributed by atoms with Gasteiger partial charge >= 0.3 is 11.9 Å². The van der Waals surface area contributed by atoms with Crippen LogP contribution >= 0.6 is 0 Å². The zero-order valence-electron chi connectivity index (χ0n) is 5.83. The third-order valence-corrected chi connectivity index (χ3v) is 0.368. The maximum Gasteiger partial charge on any atom is 0.328 e. The predicted molar refractivity (Wildman–Crippen MR) is 35.8 cm³/mol. The second kappa shape index (κ2) is 7.39. The van der Waals surface area contributed by atoms with Crippen molar-refractivity contribution in [2.45, 2.75) is 0 Å². The van der Waals surface area contributed by atoms with E-state index in [9.17, 15) is 18.4 Å². The maximum absolute atomic E-state index is 10.1. The summed E-state index contributed by atoms with van der Waals surface area (Å²) in [6, 6.07) is 0. The number of aliphatic carboxylic acids is 2. The van der Waals surface area contributed by atoms with Gasteiger partial charge in [-0.05, 0) is 6.58 Å². The van der Waals surface area contributed by atoms with Crippen LogP contribution in [0, 0.1) is 0 Å². The molecule has 0 radical (unpaired) electrons. The molecule has 0 bridgehead atoms. The second-order valence-corrected chi connectivity index (χ2v) is 1.35. The summed E-state index contributed by atoms with van der Waals surface area (Å²) in [5.74, 6) is -2.51. The number of carbonyl (C=O) groups is 2. The lowest BCUT2D eigenvalue weighted by Crippen LogP contribution is -1.91. The van der Waals surface area contributed by atoms with Crippen LogP contribution < -0.4 is 0 Å². The summed E-state index contributed by atoms with van der Waals surface area (Å²) in [7, 11) is 0. The Hall–Kier alpha value is -1.72. The Balaban J connectivity index is 0. The number of carboxylic acids is 2. The van der Waals surface area contributed by atoms with Crippen molar-refractivity contribution in [2.75, 3.05) is 0 Å². The summed E-state index contributed by atoms with van der Waals surface area (Å²) in [5.41, 5.74) is 0. The molecule has 0 spiro atoms. The van der Waals surface area contributed by atoms with Crippen molar-refractivity contribution in [1.29, 1.82) is 0 Å². The van der Waals surface area contributed by atoms with Crippen LogP contribution in [0.25, 0.3) is 0 Å². The molecule has 4 nitrogen and oxygen atoms in total. The molecule has 0 aromatic rings. The molecule has 0 saturated heterocycles. The smallest absolute Gasteiger partial charge is 0.328 e. The Morgan fingerprint density at radius 3 is 1.33 bits per heavy atom. The van der Waals surface area contributed by atoms with Gasteiger partial charge in [0, 0.05) is 12.2 Å². The van der Waals surface area contributed by atoms with Crippen LogP contribution in [0.4, 0.5) is 8.78 Å². The highest BCUT2D eigenvalue weighted by Gasteiger charge is 1.88. The number of hydrogen-bond donors (Lipinski definition) is 2. The molecule has 0 aliphatic rings. The van der Waals surface area contributed by atoms with Crippen LogP contribution in [0.2, 0.25) is 0 Å². The van der Waals surface area contributed by atoms with E-state index in [0.717, 1.165) is 0 Å². The first kappa shape index (κ1) is 12.9. The number of halogens is 2. The Morgan fingerprint density at radius 2 is 1.25 bits per heavy atom. The highest BCUT2D eigenvalue weighted by Crippen LogP contribution is 1.85. The van der Waals surface area contributed by atoms with Crippen molar-refractivity contribution in [3.05, 3.63) is 24.8 Å². The van der Waals surface area contributed by atoms with Crippen LogP contribution in [0.15, 0.2) is 24.8 Å². The minimum absolute atomic E-state index is 0.558. The zero-order valence-corrected chi connectivity index (χ0v) is 5.83. The standard InChI is InChI=1S/C4H4O4.C2H2F2/c5-3(6)1-2-4(7)8;1-2(3)4/h1-2H,(H,5,6)(H,7,8);1H2. The van der Waals surface area contributed by atoms with E-state index < -0.39 is 18.0 Å². The molecule has 68 valence electrons. The van der Waals surface area contributed by atoms with E-state index >= 15 is 0 Å². The summed E-state index contributed by atoms with van der Waals surface area (Å²) in [4.78, 5) is 19.1. The van der Waals surface area contributed by atoms with Crippen LogP contribution in [-0.2, 0) is 9.59 Å². The summed E-state index contributed by atoms with van der Waals surface area (Å²) < 4.78 is 20.3. The van der Waals surface area contributed by atoms with Gasteiger partial charge in [0.2, 0.25) is 0 Å². The van der Waals surface area contributed by atoms with E-state index in [1.54, 1.807) is 0 Å². The molecule has 0 saturated carbocycles. The fourth-order valence-electron chi connectivity index (χ4n) is 0.143. The lowest BCUT2D eigenvalue weighted by Gasteiger charge is -1.74. The van der Waals surface area contributed by atoms with Crippen molar-refractivity contribution in [2.24, 2.45) is 0 Å². The van der Waals surface area contributed by atoms with E-state index in [4.69, 9.17) is 10.2 Å². The first-order valence-corrected chi connectivity index (χ1v) is 2.50. The van der Waals surface area contributed by atoms with E-state index in [2.05, 4.69) is 6.58 Å². The second-order valence-electron chi connectivity index (χ2n) is 1.35. The van der Waals surface area contributed by atoms with Gasteiger partial charge in [0.15, 0.2) is 0 Å². The topological polar surface area (TPSA) is 74.6 Å². The lowest BCUT2D eigenvalue weighted by molar-refractivity contribution is -0.134. The third kappa shape index (κ3) is 40.8. The Labute approximate surface area is 66.4 Å². The van der Waals surface area contributed by atoms with Crippen molar-refractivity contribution in [1.82, 2.24) is 0 Å². The van der Waals surface area contributed by atoms with Gasteiger partial charge in [-0.1, -0.05) is 0 Å². The van der Waals surface area contributed by atoms with Crippen LogP contribution in [0.5, 0.6) is 0 Å². The van der Waals surface area contributed by atoms with E-state index in [-0.39, 0.29) is 0 Å². The quantitative estimate of drug-likeness (QED) is 0.624. The summed E-state index contributed by atoms with van der Waals surface area (Å²) in [6.45, 7) is 2.22. The molecule has 0 aliphatic heterocycles. The third-order valence-electron chi connectivity index (χ3n) is 0.368. The number of rotatable bonds is 2. The molecular weight excluding hydrogens is 174 g/mol. The summed E-state index contributed by atoms with van der Waals surface area (Å²) in [6.07, 6.45) is -0.718. The van der Waals surface area contributed by atoms with Crippen molar-refractivity contribution in [3.63, 3.8) is 0 Å². The number of hydrogen-bond acceptors (Lipinski definition) is 2. The normalized spacial score (nSPS) is 8.50. The van der Waals surface area contributed by atoms with Crippen LogP contribution in [0.3, 0.4) is 0 Å². The van der Waals surface area contributed by atoms with Crippen LogP contribution in [0.1, 0.15) is 0 Å². The van der Waals surface area contributed by atoms with Crippen molar-refractivity contribution >= 4 is 11.9 Å². The van der Waals surface area contributed by atoms with Gasteiger partial charge in [-0.2, -0.15) is 8.78 Å². The largest absolute Gasteiger partial charge is 0.478 e. The van der Waals surface area contributed by atoms with E-state index in [1.807, 2.05) is 0 Å². The molecule has 0 amide bonds. The Bertz CT molecular complexity index is 190. The molecule has 6 heteroatoms. The number of carboxylic acid groups (broad SMARTS) is 2. The predicted octanol–water partition coefficient (Wildman–Crippen LogP) is 1.11. The molecule has 0 atom stereocenters. The molecule has 0 rings (SSSR count). The Morgan fingerprint density at radius 1 is 1.08 bits per heavy atom. The van der Waals surface area contributed by atoms with E-state index in [1.165, 1.54) is 0 Å². The molecule has 0 aromatic heterocycles. The monoisotopic (exact) mass is 180 g/mol. The fourth-order valence-corrected chi connectivity index (χ4v) is 0.143. The average Bonchev–Trinajstić information content (AvgIpc) is 1.82. The minimum atomic E-state index is -1.83. The SMILES string of the molecule is C=C(F)F.O=C(O)C=CC(=O)O. The highest BCUT2D eigenvalue weighted by atomic mass is 19.3. The molecule has 0 fully saturated rings. The summed E-state index contributed by atoms with van der Waals surface area (Å²) >= 11 is 0. The van der Waals surface area contributed by atoms with Gasteiger partial charge in [-0.15, -0.1) is 0 Å². The first-order valence-electron chi connectivity index (χ1n) is 2.50. The minimum Gasteiger partial charge on any atom is -0.478 e. The summed E-state index contributed by atoms with van der Waals surface area (Å²) in [5, 5.41) is 15.6. The van der Waals surface area contributed by atoms with Gasteiger partial charge in [0.05, 0.1) is 0 Å². The van der Waals surface area contributed by atoms with Crippen LogP contribution in [-0.4, -0.2) is 22.2 Å². The molecule has 0 heterocycles. The molecule has 0 aliphatic carbocycles. The van der Waals surface area contributed by atoms with E-state index in [0.29, 0.717) is 12.2 Å². The zero-order chi connectivity index (χ0) is 10.1. The molecule has 0 unspecified atom stereocenters. The molecular formula is C6H6F2O4. The van der Waals surface area contributed by atoms with Crippen molar-refractivity contribution < 1.29 is 28.6 Å². The fraction of sp³-hybridized carbons (Fsp3) is 0. The maximum atomic E-state index is 10.1. The molecule has 12 heavy (non-hydrogen) atoms.